The summed E-state index contributed by atoms with van der Waals surface area (Å²) >= 11 is 0. The molecule has 2 rings (SSSR count). The van der Waals surface area contributed by atoms with Crippen LogP contribution in [0.15, 0.2) is 30.3 Å². The van der Waals surface area contributed by atoms with Gasteiger partial charge in [-0.15, -0.1) is 0 Å². The van der Waals surface area contributed by atoms with Crippen LogP contribution in [0.4, 0.5) is 0 Å². The van der Waals surface area contributed by atoms with E-state index in [1.54, 1.807) is 0 Å². The lowest BCUT2D eigenvalue weighted by molar-refractivity contribution is -0.133. The van der Waals surface area contributed by atoms with Gasteiger partial charge in [0.05, 0.1) is 6.04 Å². The fourth-order valence-corrected chi connectivity index (χ4v) is 3.12. The first-order valence-electron chi connectivity index (χ1n) is 8.18. The Hall–Kier alpha value is -1.35. The molecule has 1 amide bonds. The highest BCUT2D eigenvalue weighted by molar-refractivity contribution is 5.82. The molecule has 0 bridgehead atoms. The van der Waals surface area contributed by atoms with Gasteiger partial charge in [0.1, 0.15) is 0 Å². The number of carbonyl (C=O) groups is 1. The van der Waals surface area contributed by atoms with Crippen molar-refractivity contribution in [2.24, 2.45) is 0 Å². The Morgan fingerprint density at radius 1 is 1.33 bits per heavy atom. The molecular formula is C18H28N2O. The van der Waals surface area contributed by atoms with E-state index in [1.165, 1.54) is 5.56 Å². The fourth-order valence-electron chi connectivity index (χ4n) is 3.12. The Morgan fingerprint density at radius 2 is 2.05 bits per heavy atom. The van der Waals surface area contributed by atoms with Crippen molar-refractivity contribution in [3.63, 3.8) is 0 Å². The highest BCUT2D eigenvalue weighted by atomic mass is 16.2. The Balaban J connectivity index is 1.76. The number of hydrogen-bond acceptors (Lipinski definition) is 2. The summed E-state index contributed by atoms with van der Waals surface area (Å²) in [5.41, 5.74) is 1.36. The topological polar surface area (TPSA) is 32.3 Å². The van der Waals surface area contributed by atoms with Crippen LogP contribution < -0.4 is 5.32 Å². The van der Waals surface area contributed by atoms with Crippen molar-refractivity contribution in [1.29, 1.82) is 0 Å². The lowest BCUT2D eigenvalue weighted by Crippen LogP contribution is -2.48. The minimum Gasteiger partial charge on any atom is -0.339 e. The molecule has 1 aliphatic rings. The van der Waals surface area contributed by atoms with Crippen molar-refractivity contribution in [1.82, 2.24) is 10.2 Å². The van der Waals surface area contributed by atoms with Crippen molar-refractivity contribution in [3.8, 4) is 0 Å². The number of aryl methyl sites for hydroxylation is 1. The first-order valence-corrected chi connectivity index (χ1v) is 8.18. The zero-order chi connectivity index (χ0) is 15.2. The molecule has 1 aromatic rings. The van der Waals surface area contributed by atoms with Crippen LogP contribution in [-0.4, -0.2) is 35.5 Å². The molecule has 3 nitrogen and oxygen atoms in total. The van der Waals surface area contributed by atoms with Gasteiger partial charge in [-0.05, 0) is 52.0 Å². The second-order valence-electron chi connectivity index (χ2n) is 6.34. The third-order valence-electron chi connectivity index (χ3n) is 4.45. The zero-order valence-corrected chi connectivity index (χ0v) is 13.5. The first-order chi connectivity index (χ1) is 10.1. The van der Waals surface area contributed by atoms with E-state index >= 15 is 0 Å². The van der Waals surface area contributed by atoms with Gasteiger partial charge in [0, 0.05) is 18.6 Å². The Labute approximate surface area is 128 Å². The molecule has 1 aromatic carbocycles. The number of nitrogens with zero attached hydrogens (tertiary/aromatic N) is 1. The van der Waals surface area contributed by atoms with Crippen LogP contribution in [0.1, 0.15) is 45.6 Å². The molecular weight excluding hydrogens is 260 g/mol. The van der Waals surface area contributed by atoms with Crippen LogP contribution in [0.25, 0.3) is 0 Å². The summed E-state index contributed by atoms with van der Waals surface area (Å²) in [5.74, 6) is 0.256. The molecule has 3 heteroatoms. The lowest BCUT2D eigenvalue weighted by atomic mass is 10.1. The smallest absolute Gasteiger partial charge is 0.239 e. The summed E-state index contributed by atoms with van der Waals surface area (Å²) in [5, 5.41) is 3.46. The molecule has 1 saturated heterocycles. The average molecular weight is 288 g/mol. The molecule has 1 aliphatic heterocycles. The van der Waals surface area contributed by atoms with Gasteiger partial charge >= 0.3 is 0 Å². The lowest BCUT2D eigenvalue weighted by Gasteiger charge is -2.27. The minimum atomic E-state index is -0.0867. The van der Waals surface area contributed by atoms with Crippen LogP contribution in [0.2, 0.25) is 0 Å². The highest BCUT2D eigenvalue weighted by Crippen LogP contribution is 2.17. The second-order valence-corrected chi connectivity index (χ2v) is 6.34. The Morgan fingerprint density at radius 3 is 2.67 bits per heavy atom. The maximum Gasteiger partial charge on any atom is 0.239 e. The van der Waals surface area contributed by atoms with Gasteiger partial charge in [0.15, 0.2) is 0 Å². The molecule has 116 valence electrons. The van der Waals surface area contributed by atoms with Crippen molar-refractivity contribution in [2.75, 3.05) is 6.54 Å². The number of amides is 1. The van der Waals surface area contributed by atoms with Crippen molar-refractivity contribution in [3.05, 3.63) is 35.9 Å². The van der Waals surface area contributed by atoms with Gasteiger partial charge in [-0.2, -0.15) is 0 Å². The van der Waals surface area contributed by atoms with E-state index in [1.807, 2.05) is 17.9 Å². The Kier molecular flexibility index (Phi) is 5.80. The van der Waals surface area contributed by atoms with Gasteiger partial charge < -0.3 is 10.2 Å². The van der Waals surface area contributed by atoms with E-state index < -0.39 is 0 Å². The molecule has 0 unspecified atom stereocenters. The molecule has 1 heterocycles. The molecule has 0 radical (unpaired) electrons. The quantitative estimate of drug-likeness (QED) is 0.873. The minimum absolute atomic E-state index is 0.0867. The maximum atomic E-state index is 12.4. The fraction of sp³-hybridized carbons (Fsp3) is 0.611. The number of nitrogens with one attached hydrogen (secondary N) is 1. The van der Waals surface area contributed by atoms with Gasteiger partial charge in [0.2, 0.25) is 5.91 Å². The van der Waals surface area contributed by atoms with E-state index in [4.69, 9.17) is 0 Å². The summed E-state index contributed by atoms with van der Waals surface area (Å²) in [6.45, 7) is 7.23. The van der Waals surface area contributed by atoms with Crippen LogP contribution in [0.3, 0.4) is 0 Å². The van der Waals surface area contributed by atoms with E-state index in [-0.39, 0.29) is 11.9 Å². The normalized spacial score (nSPS) is 21.3. The molecule has 1 fully saturated rings. The SMILES string of the molecule is C[C@H](CCc1ccccc1)N[C@@H](C)C(=O)N1CCC[C@H]1C. The van der Waals surface area contributed by atoms with Gasteiger partial charge in [-0.3, -0.25) is 4.79 Å². The summed E-state index contributed by atoms with van der Waals surface area (Å²) in [6, 6.07) is 11.2. The molecule has 3 atom stereocenters. The maximum absolute atomic E-state index is 12.4. The predicted molar refractivity (Wildman–Crippen MR) is 87.2 cm³/mol. The van der Waals surface area contributed by atoms with Crippen LogP contribution in [0.5, 0.6) is 0 Å². The largest absolute Gasteiger partial charge is 0.339 e. The highest BCUT2D eigenvalue weighted by Gasteiger charge is 2.28. The molecule has 0 saturated carbocycles. The Bertz CT molecular complexity index is 446. The standard InChI is InChI=1S/C18H28N2O/c1-14(11-12-17-9-5-4-6-10-17)19-16(3)18(21)20-13-7-8-15(20)2/h4-6,9-10,14-16,19H,7-8,11-13H2,1-3H3/t14-,15-,16+/m1/s1. The predicted octanol–water partition coefficient (Wildman–Crippen LogP) is 3.00. The number of hydrogen-bond donors (Lipinski definition) is 1. The molecule has 0 aliphatic carbocycles. The van der Waals surface area contributed by atoms with Crippen molar-refractivity contribution < 1.29 is 4.79 Å². The zero-order valence-electron chi connectivity index (χ0n) is 13.5. The second kappa shape index (κ2) is 7.60. The number of benzene rings is 1. The van der Waals surface area contributed by atoms with E-state index in [0.717, 1.165) is 32.2 Å². The van der Waals surface area contributed by atoms with Crippen molar-refractivity contribution in [2.45, 2.75) is 64.6 Å². The number of carbonyl (C=O) groups excluding carboxylic acids is 1. The summed E-state index contributed by atoms with van der Waals surface area (Å²) < 4.78 is 0. The third-order valence-corrected chi connectivity index (χ3v) is 4.45. The van der Waals surface area contributed by atoms with Crippen LogP contribution in [0, 0.1) is 0 Å². The van der Waals surface area contributed by atoms with E-state index in [2.05, 4.69) is 43.4 Å². The van der Waals surface area contributed by atoms with Gasteiger partial charge in [-0.25, -0.2) is 0 Å². The van der Waals surface area contributed by atoms with Gasteiger partial charge in [-0.1, -0.05) is 30.3 Å². The monoisotopic (exact) mass is 288 g/mol. The average Bonchev–Trinajstić information content (AvgIpc) is 2.91. The number of likely N-dealkylation sites (tertiary alicyclic amines) is 1. The summed E-state index contributed by atoms with van der Waals surface area (Å²) in [7, 11) is 0. The summed E-state index contributed by atoms with van der Waals surface area (Å²) in [6.07, 6.45) is 4.39. The van der Waals surface area contributed by atoms with E-state index in [0.29, 0.717) is 12.1 Å². The molecule has 21 heavy (non-hydrogen) atoms. The van der Waals surface area contributed by atoms with E-state index in [9.17, 15) is 4.79 Å². The van der Waals surface area contributed by atoms with Gasteiger partial charge in [0.25, 0.3) is 0 Å². The third kappa shape index (κ3) is 4.57. The van der Waals surface area contributed by atoms with Crippen LogP contribution >= 0.6 is 0 Å². The summed E-state index contributed by atoms with van der Waals surface area (Å²) in [4.78, 5) is 14.5. The first kappa shape index (κ1) is 16.0. The molecule has 0 spiro atoms. The molecule has 1 N–H and O–H groups in total. The van der Waals surface area contributed by atoms with Crippen molar-refractivity contribution >= 4 is 5.91 Å². The number of rotatable bonds is 6. The van der Waals surface area contributed by atoms with Crippen LogP contribution in [-0.2, 0) is 11.2 Å². The molecule has 0 aromatic heterocycles.